The molecule has 0 unspecified atom stereocenters. The van der Waals surface area contributed by atoms with E-state index < -0.39 is 0 Å². The van der Waals surface area contributed by atoms with Gasteiger partial charge in [-0.25, -0.2) is 0 Å². The number of ketones is 1. The number of hydrogen-bond donors (Lipinski definition) is 0. The Kier molecular flexibility index (Phi) is 5.08. The maximum absolute atomic E-state index is 11.8. The lowest BCUT2D eigenvalue weighted by Gasteiger charge is -2.01. The smallest absolute Gasteiger partial charge is 0.138 e. The molecule has 2 aromatic rings. The summed E-state index contributed by atoms with van der Waals surface area (Å²) in [5.74, 6) is 0.265. The molecule has 0 spiro atoms. The molecule has 0 aliphatic rings. The van der Waals surface area contributed by atoms with Gasteiger partial charge < -0.3 is 0 Å². The Morgan fingerprint density at radius 1 is 1.33 bits per heavy atom. The molecule has 0 aliphatic carbocycles. The number of aryl methyl sites for hydroxylation is 1. The highest BCUT2D eigenvalue weighted by atomic mass is 79.9. The summed E-state index contributed by atoms with van der Waals surface area (Å²) >= 11 is 5.08. The van der Waals surface area contributed by atoms with Gasteiger partial charge in [0.05, 0.1) is 0 Å². The van der Waals surface area contributed by atoms with Crippen LogP contribution < -0.4 is 0 Å². The van der Waals surface area contributed by atoms with Gasteiger partial charge in [-0.3, -0.25) is 9.78 Å². The van der Waals surface area contributed by atoms with Gasteiger partial charge in [0.15, 0.2) is 0 Å². The van der Waals surface area contributed by atoms with Crippen LogP contribution in [0.25, 0.3) is 0 Å². The standard InChI is InChI=1S/C14H14BrNOS/c15-11-6-7-12(16-10-11)9-13(17)3-1-4-14-5-2-8-18-14/h2,5-8,10H,1,3-4,9H2. The normalized spacial score (nSPS) is 10.5. The Bertz CT molecular complexity index is 493. The molecule has 0 saturated carbocycles. The number of thiophene rings is 1. The average Bonchev–Trinajstić information content (AvgIpc) is 2.85. The highest BCUT2D eigenvalue weighted by Crippen LogP contribution is 2.13. The minimum Gasteiger partial charge on any atom is -0.299 e. The molecule has 0 fully saturated rings. The highest BCUT2D eigenvalue weighted by molar-refractivity contribution is 9.10. The van der Waals surface area contributed by atoms with Crippen LogP contribution in [0.4, 0.5) is 0 Å². The summed E-state index contributed by atoms with van der Waals surface area (Å²) in [6, 6.07) is 7.97. The summed E-state index contributed by atoms with van der Waals surface area (Å²) in [6.07, 6.45) is 4.73. The fourth-order valence-electron chi connectivity index (χ4n) is 1.72. The van der Waals surface area contributed by atoms with Crippen LogP contribution in [0, 0.1) is 0 Å². The van der Waals surface area contributed by atoms with Crippen LogP contribution in [0.15, 0.2) is 40.3 Å². The van der Waals surface area contributed by atoms with Gasteiger partial charge in [0, 0.05) is 34.1 Å². The van der Waals surface area contributed by atoms with E-state index >= 15 is 0 Å². The van der Waals surface area contributed by atoms with Crippen molar-refractivity contribution in [1.82, 2.24) is 4.98 Å². The third kappa shape index (κ3) is 4.35. The fraction of sp³-hybridized carbons (Fsp3) is 0.286. The Balaban J connectivity index is 1.73. The molecule has 0 N–H and O–H groups in total. The average molecular weight is 324 g/mol. The van der Waals surface area contributed by atoms with Crippen LogP contribution in [0.2, 0.25) is 0 Å². The second-order valence-corrected chi connectivity index (χ2v) is 6.06. The van der Waals surface area contributed by atoms with Crippen molar-refractivity contribution in [3.63, 3.8) is 0 Å². The monoisotopic (exact) mass is 323 g/mol. The molecule has 4 heteroatoms. The van der Waals surface area contributed by atoms with Crippen molar-refractivity contribution in [2.75, 3.05) is 0 Å². The second-order valence-electron chi connectivity index (χ2n) is 4.12. The topological polar surface area (TPSA) is 30.0 Å². The largest absolute Gasteiger partial charge is 0.299 e. The third-order valence-corrected chi connectivity index (χ3v) is 4.03. The molecule has 2 aromatic heterocycles. The molecule has 94 valence electrons. The summed E-state index contributed by atoms with van der Waals surface area (Å²) in [5.41, 5.74) is 0.847. The summed E-state index contributed by atoms with van der Waals surface area (Å²) in [6.45, 7) is 0. The van der Waals surface area contributed by atoms with E-state index in [1.807, 2.05) is 18.2 Å². The number of carbonyl (C=O) groups excluding carboxylic acids is 1. The minimum absolute atomic E-state index is 0.265. The van der Waals surface area contributed by atoms with E-state index in [2.05, 4.69) is 32.4 Å². The summed E-state index contributed by atoms with van der Waals surface area (Å²) in [4.78, 5) is 17.3. The predicted molar refractivity (Wildman–Crippen MR) is 77.9 cm³/mol. The van der Waals surface area contributed by atoms with Crippen LogP contribution in [0.5, 0.6) is 0 Å². The lowest BCUT2D eigenvalue weighted by Crippen LogP contribution is -2.04. The first-order chi connectivity index (χ1) is 8.74. The zero-order valence-electron chi connectivity index (χ0n) is 9.93. The van der Waals surface area contributed by atoms with Crippen LogP contribution in [0.1, 0.15) is 23.4 Å². The van der Waals surface area contributed by atoms with Gasteiger partial charge in [-0.2, -0.15) is 0 Å². The zero-order chi connectivity index (χ0) is 12.8. The summed E-state index contributed by atoms with van der Waals surface area (Å²) in [7, 11) is 0. The Morgan fingerprint density at radius 2 is 2.22 bits per heavy atom. The number of Topliss-reactive ketones (excluding diaryl/α,β-unsaturated/α-hetero) is 1. The number of nitrogens with zero attached hydrogens (tertiary/aromatic N) is 1. The first kappa shape index (κ1) is 13.4. The number of hydrogen-bond acceptors (Lipinski definition) is 3. The molecule has 0 atom stereocenters. The van der Waals surface area contributed by atoms with Crippen molar-refractivity contribution in [3.8, 4) is 0 Å². The quantitative estimate of drug-likeness (QED) is 0.803. The molecule has 0 radical (unpaired) electrons. The van der Waals surface area contributed by atoms with E-state index in [0.717, 1.165) is 23.0 Å². The Morgan fingerprint density at radius 3 is 2.89 bits per heavy atom. The van der Waals surface area contributed by atoms with Gasteiger partial charge >= 0.3 is 0 Å². The number of pyridine rings is 1. The molecule has 2 rings (SSSR count). The van der Waals surface area contributed by atoms with Crippen LogP contribution in [-0.2, 0) is 17.6 Å². The molecule has 2 heterocycles. The van der Waals surface area contributed by atoms with E-state index in [-0.39, 0.29) is 5.78 Å². The van der Waals surface area contributed by atoms with Crippen LogP contribution >= 0.6 is 27.3 Å². The maximum Gasteiger partial charge on any atom is 0.138 e. The fourth-order valence-corrected chi connectivity index (χ4v) is 2.70. The number of rotatable bonds is 6. The Hall–Kier alpha value is -1.00. The third-order valence-electron chi connectivity index (χ3n) is 2.63. The molecule has 2 nitrogen and oxygen atoms in total. The van der Waals surface area contributed by atoms with Crippen molar-refractivity contribution in [2.24, 2.45) is 0 Å². The van der Waals surface area contributed by atoms with Crippen molar-refractivity contribution in [1.29, 1.82) is 0 Å². The Labute approximate surface area is 119 Å². The number of halogens is 1. The molecule has 0 amide bonds. The minimum atomic E-state index is 0.265. The van der Waals surface area contributed by atoms with E-state index in [9.17, 15) is 4.79 Å². The van der Waals surface area contributed by atoms with Gasteiger partial charge in [0.25, 0.3) is 0 Å². The first-order valence-corrected chi connectivity index (χ1v) is 7.56. The lowest BCUT2D eigenvalue weighted by atomic mass is 10.1. The molecular weight excluding hydrogens is 310 g/mol. The molecular formula is C14H14BrNOS. The SMILES string of the molecule is O=C(CCCc1cccs1)Cc1ccc(Br)cn1. The van der Waals surface area contributed by atoms with Gasteiger partial charge in [-0.15, -0.1) is 11.3 Å². The summed E-state index contributed by atoms with van der Waals surface area (Å²) in [5, 5.41) is 2.07. The van der Waals surface area contributed by atoms with E-state index in [4.69, 9.17) is 0 Å². The zero-order valence-corrected chi connectivity index (χ0v) is 12.3. The van der Waals surface area contributed by atoms with Crippen LogP contribution in [0.3, 0.4) is 0 Å². The van der Waals surface area contributed by atoms with E-state index in [0.29, 0.717) is 12.8 Å². The number of carbonyl (C=O) groups is 1. The highest BCUT2D eigenvalue weighted by Gasteiger charge is 2.05. The molecule has 0 aromatic carbocycles. The van der Waals surface area contributed by atoms with Crippen molar-refractivity contribution in [2.45, 2.75) is 25.7 Å². The molecule has 18 heavy (non-hydrogen) atoms. The van der Waals surface area contributed by atoms with Crippen LogP contribution in [-0.4, -0.2) is 10.8 Å². The first-order valence-electron chi connectivity index (χ1n) is 5.88. The molecule has 0 aliphatic heterocycles. The van der Waals surface area contributed by atoms with Crippen molar-refractivity contribution < 1.29 is 4.79 Å². The maximum atomic E-state index is 11.8. The lowest BCUT2D eigenvalue weighted by molar-refractivity contribution is -0.118. The molecule has 0 saturated heterocycles. The van der Waals surface area contributed by atoms with E-state index in [1.165, 1.54) is 4.88 Å². The summed E-state index contributed by atoms with van der Waals surface area (Å²) < 4.78 is 0.941. The predicted octanol–water partition coefficient (Wildman–Crippen LogP) is 4.04. The van der Waals surface area contributed by atoms with Gasteiger partial charge in [-0.05, 0) is 52.4 Å². The van der Waals surface area contributed by atoms with Gasteiger partial charge in [0.1, 0.15) is 5.78 Å². The second kappa shape index (κ2) is 6.81. The van der Waals surface area contributed by atoms with Crippen molar-refractivity contribution >= 4 is 33.0 Å². The number of aromatic nitrogens is 1. The molecule has 0 bridgehead atoms. The van der Waals surface area contributed by atoms with Gasteiger partial charge in [0.2, 0.25) is 0 Å². The van der Waals surface area contributed by atoms with Crippen molar-refractivity contribution in [3.05, 3.63) is 50.9 Å². The van der Waals surface area contributed by atoms with E-state index in [1.54, 1.807) is 17.5 Å². The van der Waals surface area contributed by atoms with Gasteiger partial charge in [-0.1, -0.05) is 6.07 Å².